The van der Waals surface area contributed by atoms with Crippen LogP contribution in [0.1, 0.15) is 25.6 Å². The summed E-state index contributed by atoms with van der Waals surface area (Å²) in [7, 11) is -4.48. The molecule has 0 aliphatic rings. The van der Waals surface area contributed by atoms with Gasteiger partial charge in [0.25, 0.3) is 10.0 Å². The van der Waals surface area contributed by atoms with Crippen molar-refractivity contribution in [2.24, 2.45) is 0 Å². The van der Waals surface area contributed by atoms with E-state index in [9.17, 15) is 12.8 Å². The van der Waals surface area contributed by atoms with Gasteiger partial charge in [-0.3, -0.25) is 9.12 Å². The summed E-state index contributed by atoms with van der Waals surface area (Å²) in [5, 5.41) is 0.347. The van der Waals surface area contributed by atoms with Crippen LogP contribution >= 0.6 is 23.1 Å². The Morgan fingerprint density at radius 3 is 2.65 bits per heavy atom. The number of imidazole rings is 1. The summed E-state index contributed by atoms with van der Waals surface area (Å²) in [6.07, 6.45) is 3.36. The summed E-state index contributed by atoms with van der Waals surface area (Å²) in [4.78, 5) is 7.43. The van der Waals surface area contributed by atoms with Crippen LogP contribution in [-0.2, 0) is 10.0 Å². The highest BCUT2D eigenvalue weighted by molar-refractivity contribution is 7.93. The molecule has 5 aromatic rings. The van der Waals surface area contributed by atoms with Crippen LogP contribution in [0.3, 0.4) is 0 Å². The van der Waals surface area contributed by atoms with Crippen LogP contribution in [-0.4, -0.2) is 27.2 Å². The van der Waals surface area contributed by atoms with Crippen LogP contribution in [0.5, 0.6) is 11.5 Å². The van der Waals surface area contributed by atoms with E-state index in [0.717, 1.165) is 11.5 Å². The Hall–Kier alpha value is -3.61. The number of ether oxygens (including phenoxy) is 1. The number of benzene rings is 2. The first-order valence-corrected chi connectivity index (χ1v) is 13.5. The van der Waals surface area contributed by atoms with Gasteiger partial charge in [-0.2, -0.15) is 4.37 Å². The lowest BCUT2D eigenvalue weighted by Crippen LogP contribution is -2.15. The average molecular weight is 562 g/mol. The molecule has 3 aromatic heterocycles. The maximum Gasteiger partial charge on any atom is 0.266 e. The highest BCUT2D eigenvalue weighted by Crippen LogP contribution is 2.37. The van der Waals surface area contributed by atoms with E-state index in [1.165, 1.54) is 6.07 Å². The number of fused-ring (bicyclic) bond motifs is 1. The molecule has 0 saturated heterocycles. The van der Waals surface area contributed by atoms with Crippen molar-refractivity contribution in [1.82, 2.24) is 18.7 Å². The lowest BCUT2D eigenvalue weighted by atomic mass is 10.1. The van der Waals surface area contributed by atoms with E-state index in [2.05, 4.69) is 19.1 Å². The molecule has 1 N–H and O–H groups in total. The van der Waals surface area contributed by atoms with E-state index in [1.54, 1.807) is 41.1 Å². The molecule has 0 saturated carbocycles. The van der Waals surface area contributed by atoms with Gasteiger partial charge in [-0.15, -0.1) is 0 Å². The molecule has 5 rings (SSSR count). The standard InChI is InChI=1S/C24H18ClF2N5O3S2/c1-13(2)23-29-24(36-30-23)31-37(33,34)21-12-16(26)20(11-17(21)27)35-19-7-6-14(25)10-15(19)18-4-3-5-22-28-8-9-32(18)22/h3-13H,1-2H3,(H,29,30,31). The Balaban J connectivity index is 1.49. The molecule has 0 spiro atoms. The van der Waals surface area contributed by atoms with Crippen molar-refractivity contribution in [3.05, 3.63) is 83.4 Å². The molecule has 0 fully saturated rings. The van der Waals surface area contributed by atoms with Gasteiger partial charge in [0.05, 0.1) is 5.69 Å². The number of hydrogen-bond donors (Lipinski definition) is 1. The fraction of sp³-hybridized carbons (Fsp3) is 0.125. The molecule has 3 heterocycles. The fourth-order valence-corrected chi connectivity index (χ4v) is 5.73. The zero-order valence-electron chi connectivity index (χ0n) is 19.3. The highest BCUT2D eigenvalue weighted by atomic mass is 35.5. The Morgan fingerprint density at radius 2 is 1.89 bits per heavy atom. The minimum Gasteiger partial charge on any atom is -0.453 e. The fourth-order valence-electron chi connectivity index (χ4n) is 3.55. The number of halogens is 3. The number of sulfonamides is 1. The SMILES string of the molecule is CC(C)c1nsc(NS(=O)(=O)c2cc(F)c(Oc3ccc(Cl)cc3-c3cccc4nccn34)cc2F)n1. The Kier molecular flexibility index (Phi) is 6.56. The molecule has 0 bridgehead atoms. The van der Waals surface area contributed by atoms with Crippen LogP contribution in [0.15, 0.2) is 65.8 Å². The van der Waals surface area contributed by atoms with Crippen LogP contribution in [0, 0.1) is 11.6 Å². The zero-order chi connectivity index (χ0) is 26.3. The maximum atomic E-state index is 15.1. The molecule has 0 aliphatic carbocycles. The van der Waals surface area contributed by atoms with Crippen molar-refractivity contribution in [1.29, 1.82) is 0 Å². The molecular weight excluding hydrogens is 544 g/mol. The Morgan fingerprint density at radius 1 is 1.08 bits per heavy atom. The first-order chi connectivity index (χ1) is 17.6. The summed E-state index contributed by atoms with van der Waals surface area (Å²) in [6.45, 7) is 3.69. The van der Waals surface area contributed by atoms with Gasteiger partial charge in [-0.25, -0.2) is 27.2 Å². The number of pyridine rings is 1. The molecule has 0 aliphatic heterocycles. The van der Waals surface area contributed by atoms with Crippen LogP contribution in [0.2, 0.25) is 5.02 Å². The molecule has 13 heteroatoms. The first kappa shape index (κ1) is 25.1. The van der Waals surface area contributed by atoms with Crippen molar-refractivity contribution in [2.75, 3.05) is 4.72 Å². The van der Waals surface area contributed by atoms with E-state index in [0.29, 0.717) is 39.9 Å². The number of hydrogen-bond acceptors (Lipinski definition) is 7. The lowest BCUT2D eigenvalue weighted by Gasteiger charge is -2.15. The van der Waals surface area contributed by atoms with Crippen LogP contribution in [0.4, 0.5) is 13.9 Å². The summed E-state index contributed by atoms with van der Waals surface area (Å²) in [5.74, 6) is -2.21. The molecule has 0 unspecified atom stereocenters. The number of aromatic nitrogens is 4. The van der Waals surface area contributed by atoms with Gasteiger partial charge in [0.1, 0.15) is 27.9 Å². The first-order valence-electron chi connectivity index (χ1n) is 10.9. The van der Waals surface area contributed by atoms with E-state index in [4.69, 9.17) is 16.3 Å². The second kappa shape index (κ2) is 9.69. The molecule has 0 atom stereocenters. The van der Waals surface area contributed by atoms with Crippen LogP contribution < -0.4 is 9.46 Å². The molecule has 0 amide bonds. The van der Waals surface area contributed by atoms with Crippen molar-refractivity contribution < 1.29 is 21.9 Å². The smallest absolute Gasteiger partial charge is 0.266 e. The normalized spacial score (nSPS) is 11.8. The number of nitrogens with one attached hydrogen (secondary N) is 1. The molecule has 0 radical (unpaired) electrons. The van der Waals surface area contributed by atoms with Gasteiger partial charge < -0.3 is 4.74 Å². The summed E-state index contributed by atoms with van der Waals surface area (Å²) in [5.41, 5.74) is 1.81. The summed E-state index contributed by atoms with van der Waals surface area (Å²) >= 11 is 7.02. The van der Waals surface area contributed by atoms with E-state index in [1.807, 2.05) is 19.9 Å². The van der Waals surface area contributed by atoms with Crippen molar-refractivity contribution >= 4 is 43.9 Å². The number of nitrogens with zero attached hydrogens (tertiary/aromatic N) is 4. The second-order valence-electron chi connectivity index (χ2n) is 8.24. The topological polar surface area (TPSA) is 98.5 Å². The predicted octanol–water partition coefficient (Wildman–Crippen LogP) is 6.50. The lowest BCUT2D eigenvalue weighted by molar-refractivity contribution is 0.433. The number of anilines is 1. The molecular formula is C24H18ClF2N5O3S2. The van der Waals surface area contributed by atoms with Crippen molar-refractivity contribution in [3.8, 4) is 22.8 Å². The summed E-state index contributed by atoms with van der Waals surface area (Å²) in [6, 6.07) is 11.3. The van der Waals surface area contributed by atoms with E-state index >= 15 is 4.39 Å². The molecule has 190 valence electrons. The Bertz CT molecular complexity index is 1740. The van der Waals surface area contributed by atoms with Gasteiger partial charge in [-0.05, 0) is 30.3 Å². The third kappa shape index (κ3) is 4.99. The monoisotopic (exact) mass is 561 g/mol. The minimum atomic E-state index is -4.48. The van der Waals surface area contributed by atoms with Crippen molar-refractivity contribution in [3.63, 3.8) is 0 Å². The van der Waals surface area contributed by atoms with Gasteiger partial charge in [0.2, 0.25) is 5.13 Å². The third-order valence-electron chi connectivity index (χ3n) is 5.32. The van der Waals surface area contributed by atoms with Gasteiger partial charge >= 0.3 is 0 Å². The van der Waals surface area contributed by atoms with E-state index in [-0.39, 0.29) is 16.8 Å². The second-order valence-corrected chi connectivity index (χ2v) is 11.1. The van der Waals surface area contributed by atoms with Gasteiger partial charge in [-0.1, -0.05) is 31.5 Å². The Labute approximate surface area is 219 Å². The van der Waals surface area contributed by atoms with Gasteiger partial charge in [0, 0.05) is 52.6 Å². The average Bonchev–Trinajstić information content (AvgIpc) is 3.51. The van der Waals surface area contributed by atoms with Gasteiger partial charge in [0.15, 0.2) is 11.6 Å². The number of rotatable bonds is 7. The largest absolute Gasteiger partial charge is 0.453 e. The molecule has 37 heavy (non-hydrogen) atoms. The highest BCUT2D eigenvalue weighted by Gasteiger charge is 2.25. The zero-order valence-corrected chi connectivity index (χ0v) is 21.7. The molecule has 8 nitrogen and oxygen atoms in total. The summed E-state index contributed by atoms with van der Waals surface area (Å²) < 4.78 is 69.3. The van der Waals surface area contributed by atoms with Crippen molar-refractivity contribution in [2.45, 2.75) is 24.7 Å². The minimum absolute atomic E-state index is 0.0290. The quantitative estimate of drug-likeness (QED) is 0.243. The maximum absolute atomic E-state index is 15.1. The predicted molar refractivity (Wildman–Crippen MR) is 137 cm³/mol. The van der Waals surface area contributed by atoms with E-state index < -0.39 is 32.3 Å². The van der Waals surface area contributed by atoms with Crippen LogP contribution in [0.25, 0.3) is 16.9 Å². The molecule has 2 aromatic carbocycles. The third-order valence-corrected chi connectivity index (χ3v) is 7.68.